The van der Waals surface area contributed by atoms with Crippen molar-refractivity contribution >= 4 is 24.4 Å². The number of hydrogen-bond acceptors (Lipinski definition) is 2. The highest BCUT2D eigenvalue weighted by molar-refractivity contribution is 7.80. The Bertz CT molecular complexity index is 367. The Labute approximate surface area is 110 Å². The summed E-state index contributed by atoms with van der Waals surface area (Å²) in [6.07, 6.45) is 9.53. The molecule has 1 saturated heterocycles. The first-order valence-electron chi connectivity index (χ1n) is 6.53. The Morgan fingerprint density at radius 3 is 2.65 bits per heavy atom. The van der Waals surface area contributed by atoms with Crippen LogP contribution < -0.4 is 4.90 Å². The van der Waals surface area contributed by atoms with Gasteiger partial charge in [0.05, 0.1) is 0 Å². The molecule has 0 amide bonds. The zero-order chi connectivity index (χ0) is 11.9. The number of allylic oxidation sites excluding steroid dienone is 1. The molecular weight excluding hydrogens is 226 g/mol. The van der Waals surface area contributed by atoms with E-state index in [2.05, 4.69) is 53.9 Å². The Kier molecular flexibility index (Phi) is 4.99. The van der Waals surface area contributed by atoms with Gasteiger partial charge in [0.2, 0.25) is 0 Å². The lowest BCUT2D eigenvalue weighted by molar-refractivity contribution is 0.577. The largest absolute Gasteiger partial charge is 0.371 e. The Morgan fingerprint density at radius 2 is 1.88 bits per heavy atom. The Hall–Kier alpha value is -0.890. The predicted molar refractivity (Wildman–Crippen MR) is 80.0 cm³/mol. The van der Waals surface area contributed by atoms with Crippen molar-refractivity contribution in [1.29, 1.82) is 0 Å². The molecule has 1 aliphatic rings. The van der Waals surface area contributed by atoms with E-state index in [4.69, 9.17) is 0 Å². The van der Waals surface area contributed by atoms with E-state index in [0.717, 1.165) is 12.2 Å². The van der Waals surface area contributed by atoms with Crippen LogP contribution in [0.15, 0.2) is 30.3 Å². The van der Waals surface area contributed by atoms with Crippen molar-refractivity contribution in [3.8, 4) is 0 Å². The fourth-order valence-electron chi connectivity index (χ4n) is 2.34. The SMILES string of the molecule is SCCC=Cc1ccccc1N1CCCCC1. The maximum atomic E-state index is 4.23. The molecule has 1 aromatic rings. The molecule has 1 fully saturated rings. The van der Waals surface area contributed by atoms with Crippen LogP contribution in [-0.4, -0.2) is 18.8 Å². The summed E-state index contributed by atoms with van der Waals surface area (Å²) < 4.78 is 0. The van der Waals surface area contributed by atoms with E-state index in [-0.39, 0.29) is 0 Å². The molecular formula is C15H21NS. The molecule has 1 heterocycles. The van der Waals surface area contributed by atoms with Gasteiger partial charge in [0, 0.05) is 18.8 Å². The summed E-state index contributed by atoms with van der Waals surface area (Å²) in [5, 5.41) is 0. The zero-order valence-corrected chi connectivity index (χ0v) is 11.2. The minimum Gasteiger partial charge on any atom is -0.371 e. The molecule has 0 radical (unpaired) electrons. The first-order chi connectivity index (χ1) is 8.42. The van der Waals surface area contributed by atoms with Crippen molar-refractivity contribution in [2.24, 2.45) is 0 Å². The molecule has 1 aliphatic heterocycles. The number of para-hydroxylation sites is 1. The standard InChI is InChI=1S/C15H21NS/c17-13-7-4-9-14-8-2-3-10-15(14)16-11-5-1-6-12-16/h2-4,8-10,17H,1,5-7,11-13H2. The number of anilines is 1. The topological polar surface area (TPSA) is 3.24 Å². The second-order valence-corrected chi connectivity index (χ2v) is 4.97. The van der Waals surface area contributed by atoms with Crippen LogP contribution in [0.1, 0.15) is 31.2 Å². The Morgan fingerprint density at radius 1 is 1.12 bits per heavy atom. The smallest absolute Gasteiger partial charge is 0.0439 e. The van der Waals surface area contributed by atoms with Gasteiger partial charge in [-0.3, -0.25) is 0 Å². The highest BCUT2D eigenvalue weighted by Gasteiger charge is 2.12. The van der Waals surface area contributed by atoms with Crippen molar-refractivity contribution in [1.82, 2.24) is 0 Å². The summed E-state index contributed by atoms with van der Waals surface area (Å²) in [5.41, 5.74) is 2.73. The molecule has 1 nitrogen and oxygen atoms in total. The first-order valence-corrected chi connectivity index (χ1v) is 7.16. The molecule has 0 atom stereocenters. The van der Waals surface area contributed by atoms with Gasteiger partial charge in [-0.2, -0.15) is 12.6 Å². The van der Waals surface area contributed by atoms with Gasteiger partial charge in [-0.15, -0.1) is 0 Å². The van der Waals surface area contributed by atoms with E-state index in [1.54, 1.807) is 0 Å². The fraction of sp³-hybridized carbons (Fsp3) is 0.467. The third kappa shape index (κ3) is 3.53. The highest BCUT2D eigenvalue weighted by atomic mass is 32.1. The number of nitrogens with zero attached hydrogens (tertiary/aromatic N) is 1. The van der Waals surface area contributed by atoms with Crippen molar-refractivity contribution in [3.63, 3.8) is 0 Å². The third-order valence-corrected chi connectivity index (χ3v) is 3.48. The van der Waals surface area contributed by atoms with Gasteiger partial charge < -0.3 is 4.90 Å². The van der Waals surface area contributed by atoms with Gasteiger partial charge in [0.15, 0.2) is 0 Å². The fourth-order valence-corrected chi connectivity index (χ4v) is 2.49. The number of thiol groups is 1. The number of benzene rings is 1. The highest BCUT2D eigenvalue weighted by Crippen LogP contribution is 2.25. The normalized spacial score (nSPS) is 16.6. The van der Waals surface area contributed by atoms with Crippen LogP contribution in [0.4, 0.5) is 5.69 Å². The number of rotatable bonds is 4. The van der Waals surface area contributed by atoms with E-state index in [9.17, 15) is 0 Å². The average molecular weight is 247 g/mol. The van der Waals surface area contributed by atoms with Crippen LogP contribution in [0.2, 0.25) is 0 Å². The summed E-state index contributed by atoms with van der Waals surface area (Å²) >= 11 is 4.23. The summed E-state index contributed by atoms with van der Waals surface area (Å²) in [6, 6.07) is 8.71. The second-order valence-electron chi connectivity index (χ2n) is 4.52. The van der Waals surface area contributed by atoms with Gasteiger partial charge in [0.1, 0.15) is 0 Å². The molecule has 0 saturated carbocycles. The van der Waals surface area contributed by atoms with E-state index >= 15 is 0 Å². The molecule has 2 rings (SSSR count). The molecule has 0 N–H and O–H groups in total. The van der Waals surface area contributed by atoms with E-state index < -0.39 is 0 Å². The Balaban J connectivity index is 2.14. The predicted octanol–water partition coefficient (Wildman–Crippen LogP) is 4.01. The lowest BCUT2D eigenvalue weighted by Crippen LogP contribution is -2.29. The molecule has 92 valence electrons. The summed E-state index contributed by atoms with van der Waals surface area (Å²) in [6.45, 7) is 2.41. The molecule has 2 heteroatoms. The van der Waals surface area contributed by atoms with Crippen LogP contribution in [0.3, 0.4) is 0 Å². The molecule has 17 heavy (non-hydrogen) atoms. The molecule has 0 aromatic heterocycles. The summed E-state index contributed by atoms with van der Waals surface area (Å²) in [7, 11) is 0. The molecule has 1 aromatic carbocycles. The van der Waals surface area contributed by atoms with Gasteiger partial charge >= 0.3 is 0 Å². The second kappa shape index (κ2) is 6.75. The van der Waals surface area contributed by atoms with Crippen LogP contribution in [0.25, 0.3) is 6.08 Å². The van der Waals surface area contributed by atoms with Gasteiger partial charge in [-0.25, -0.2) is 0 Å². The number of piperidine rings is 1. The molecule has 0 unspecified atom stereocenters. The van der Waals surface area contributed by atoms with E-state index in [1.807, 2.05) is 0 Å². The van der Waals surface area contributed by atoms with Gasteiger partial charge in [-0.05, 0) is 43.1 Å². The molecule has 0 bridgehead atoms. The van der Waals surface area contributed by atoms with E-state index in [1.165, 1.54) is 43.6 Å². The van der Waals surface area contributed by atoms with Crippen molar-refractivity contribution in [2.75, 3.05) is 23.7 Å². The maximum absolute atomic E-state index is 4.23. The number of hydrogen-bond donors (Lipinski definition) is 1. The molecule has 0 aliphatic carbocycles. The summed E-state index contributed by atoms with van der Waals surface area (Å²) in [5.74, 6) is 0.919. The quantitative estimate of drug-likeness (QED) is 0.787. The van der Waals surface area contributed by atoms with E-state index in [0.29, 0.717) is 0 Å². The van der Waals surface area contributed by atoms with Gasteiger partial charge in [-0.1, -0.05) is 30.4 Å². The van der Waals surface area contributed by atoms with Crippen LogP contribution in [0.5, 0.6) is 0 Å². The minimum absolute atomic E-state index is 0.919. The minimum atomic E-state index is 0.919. The van der Waals surface area contributed by atoms with Crippen LogP contribution in [0, 0.1) is 0 Å². The average Bonchev–Trinajstić information content (AvgIpc) is 2.41. The van der Waals surface area contributed by atoms with Crippen molar-refractivity contribution in [3.05, 3.63) is 35.9 Å². The van der Waals surface area contributed by atoms with Gasteiger partial charge in [0.25, 0.3) is 0 Å². The van der Waals surface area contributed by atoms with Crippen molar-refractivity contribution < 1.29 is 0 Å². The van der Waals surface area contributed by atoms with Crippen LogP contribution >= 0.6 is 12.6 Å². The zero-order valence-electron chi connectivity index (χ0n) is 10.3. The maximum Gasteiger partial charge on any atom is 0.0439 e. The first kappa shape index (κ1) is 12.6. The van der Waals surface area contributed by atoms with Crippen molar-refractivity contribution in [2.45, 2.75) is 25.7 Å². The van der Waals surface area contributed by atoms with Crippen LogP contribution in [-0.2, 0) is 0 Å². The lowest BCUT2D eigenvalue weighted by atomic mass is 10.1. The summed E-state index contributed by atoms with van der Waals surface area (Å²) in [4.78, 5) is 2.52. The third-order valence-electron chi connectivity index (χ3n) is 3.23. The lowest BCUT2D eigenvalue weighted by Gasteiger charge is -2.30. The molecule has 0 spiro atoms. The monoisotopic (exact) mass is 247 g/mol.